The molecule has 1 aliphatic rings. The molecule has 0 bridgehead atoms. The number of hydrogen-bond acceptors (Lipinski definition) is 6. The SMILES string of the molecule is CS(=O)(=O)OC[C@H]1CN(c2ccc(Br)cn2)C(=O)O1. The van der Waals surface area contributed by atoms with Gasteiger partial charge in [-0.2, -0.15) is 8.42 Å². The van der Waals surface area contributed by atoms with Gasteiger partial charge < -0.3 is 4.74 Å². The van der Waals surface area contributed by atoms with Crippen LogP contribution in [0.4, 0.5) is 10.6 Å². The summed E-state index contributed by atoms with van der Waals surface area (Å²) in [5, 5.41) is 0. The molecule has 0 aliphatic carbocycles. The van der Waals surface area contributed by atoms with Crippen molar-refractivity contribution < 1.29 is 22.1 Å². The van der Waals surface area contributed by atoms with Crippen LogP contribution in [0.3, 0.4) is 0 Å². The van der Waals surface area contributed by atoms with E-state index in [4.69, 9.17) is 4.74 Å². The minimum absolute atomic E-state index is 0.197. The van der Waals surface area contributed by atoms with E-state index in [1.807, 2.05) is 0 Å². The van der Waals surface area contributed by atoms with E-state index in [0.29, 0.717) is 5.82 Å². The number of amides is 1. The molecule has 0 aromatic carbocycles. The fourth-order valence-corrected chi connectivity index (χ4v) is 2.16. The highest BCUT2D eigenvalue weighted by Gasteiger charge is 2.33. The number of ether oxygens (including phenoxy) is 1. The number of anilines is 1. The second-order valence-corrected chi connectivity index (χ2v) is 6.50. The van der Waals surface area contributed by atoms with E-state index < -0.39 is 22.3 Å². The topological polar surface area (TPSA) is 85.8 Å². The molecule has 0 saturated carbocycles. The van der Waals surface area contributed by atoms with Crippen molar-refractivity contribution >= 4 is 38.0 Å². The van der Waals surface area contributed by atoms with Crippen LogP contribution in [0.25, 0.3) is 0 Å². The molecule has 1 saturated heterocycles. The molecule has 0 unspecified atom stereocenters. The van der Waals surface area contributed by atoms with Gasteiger partial charge in [-0.05, 0) is 28.1 Å². The molecule has 1 aromatic rings. The lowest BCUT2D eigenvalue weighted by Gasteiger charge is -2.11. The van der Waals surface area contributed by atoms with E-state index in [-0.39, 0.29) is 13.2 Å². The third kappa shape index (κ3) is 3.88. The van der Waals surface area contributed by atoms with Gasteiger partial charge in [-0.3, -0.25) is 9.08 Å². The van der Waals surface area contributed by atoms with Gasteiger partial charge >= 0.3 is 6.09 Å². The minimum atomic E-state index is -3.55. The Hall–Kier alpha value is -1.19. The summed E-state index contributed by atoms with van der Waals surface area (Å²) in [6.45, 7) is 0.000582. The zero-order valence-electron chi connectivity index (χ0n) is 9.95. The molecule has 0 radical (unpaired) electrons. The van der Waals surface area contributed by atoms with Crippen LogP contribution in [0.2, 0.25) is 0 Å². The first-order valence-electron chi connectivity index (χ1n) is 5.29. The van der Waals surface area contributed by atoms with E-state index in [1.165, 1.54) is 4.90 Å². The smallest absolute Gasteiger partial charge is 0.416 e. The van der Waals surface area contributed by atoms with Crippen molar-refractivity contribution in [1.29, 1.82) is 0 Å². The minimum Gasteiger partial charge on any atom is -0.441 e. The fourth-order valence-electron chi connectivity index (χ4n) is 1.52. The second-order valence-electron chi connectivity index (χ2n) is 3.94. The Morgan fingerprint density at radius 2 is 2.32 bits per heavy atom. The van der Waals surface area contributed by atoms with Crippen LogP contribution in [0.5, 0.6) is 0 Å². The van der Waals surface area contributed by atoms with Gasteiger partial charge in [-0.1, -0.05) is 0 Å². The van der Waals surface area contributed by atoms with Crippen LogP contribution < -0.4 is 4.90 Å². The zero-order valence-corrected chi connectivity index (χ0v) is 12.3. The third-order valence-electron chi connectivity index (χ3n) is 2.33. The van der Waals surface area contributed by atoms with E-state index in [2.05, 4.69) is 25.1 Å². The summed E-state index contributed by atoms with van der Waals surface area (Å²) in [6, 6.07) is 3.40. The Morgan fingerprint density at radius 1 is 1.58 bits per heavy atom. The molecule has 9 heteroatoms. The Labute approximate surface area is 118 Å². The molecule has 19 heavy (non-hydrogen) atoms. The molecule has 1 aliphatic heterocycles. The molecule has 1 aromatic heterocycles. The summed E-state index contributed by atoms with van der Waals surface area (Å²) in [5.74, 6) is 0.440. The zero-order chi connectivity index (χ0) is 14.0. The number of carbonyl (C=O) groups excluding carboxylic acids is 1. The number of aromatic nitrogens is 1. The third-order valence-corrected chi connectivity index (χ3v) is 3.36. The highest BCUT2D eigenvalue weighted by molar-refractivity contribution is 9.10. The highest BCUT2D eigenvalue weighted by atomic mass is 79.9. The van der Waals surface area contributed by atoms with Crippen LogP contribution in [0.15, 0.2) is 22.8 Å². The molecule has 1 atom stereocenters. The van der Waals surface area contributed by atoms with Gasteiger partial charge in [-0.15, -0.1) is 0 Å². The molecular formula is C10H11BrN2O5S. The van der Waals surface area contributed by atoms with Crippen LogP contribution in [-0.4, -0.2) is 45.0 Å². The van der Waals surface area contributed by atoms with Gasteiger partial charge in [0.1, 0.15) is 18.5 Å². The Kier molecular flexibility index (Phi) is 4.07. The summed E-state index contributed by atoms with van der Waals surface area (Å²) in [6.07, 6.45) is 1.30. The van der Waals surface area contributed by atoms with Crippen LogP contribution in [0, 0.1) is 0 Å². The number of nitrogens with zero attached hydrogens (tertiary/aromatic N) is 2. The summed E-state index contributed by atoms with van der Waals surface area (Å²) in [7, 11) is -3.55. The lowest BCUT2D eigenvalue weighted by molar-refractivity contribution is 0.107. The maximum absolute atomic E-state index is 11.6. The normalized spacial score (nSPS) is 19.6. The Morgan fingerprint density at radius 3 is 2.89 bits per heavy atom. The van der Waals surface area contributed by atoms with Gasteiger partial charge in [0.05, 0.1) is 12.8 Å². The van der Waals surface area contributed by atoms with Gasteiger partial charge in [-0.25, -0.2) is 9.78 Å². The first-order valence-corrected chi connectivity index (χ1v) is 7.90. The summed E-state index contributed by atoms with van der Waals surface area (Å²) in [4.78, 5) is 17.0. The Bertz CT molecular complexity index is 574. The van der Waals surface area contributed by atoms with E-state index in [1.54, 1.807) is 18.3 Å². The van der Waals surface area contributed by atoms with Crippen molar-refractivity contribution in [3.05, 3.63) is 22.8 Å². The molecular weight excluding hydrogens is 340 g/mol. The maximum Gasteiger partial charge on any atom is 0.416 e. The molecule has 1 amide bonds. The number of halogens is 1. The largest absolute Gasteiger partial charge is 0.441 e. The van der Waals surface area contributed by atoms with Crippen molar-refractivity contribution in [3.8, 4) is 0 Å². The quantitative estimate of drug-likeness (QED) is 0.757. The maximum atomic E-state index is 11.6. The fraction of sp³-hybridized carbons (Fsp3) is 0.400. The van der Waals surface area contributed by atoms with Crippen LogP contribution in [-0.2, 0) is 19.0 Å². The number of carbonyl (C=O) groups is 1. The number of pyridine rings is 1. The number of cyclic esters (lactones) is 1. The van der Waals surface area contributed by atoms with E-state index >= 15 is 0 Å². The lowest BCUT2D eigenvalue weighted by atomic mass is 10.3. The highest BCUT2D eigenvalue weighted by Crippen LogP contribution is 2.21. The monoisotopic (exact) mass is 350 g/mol. The van der Waals surface area contributed by atoms with Crippen molar-refractivity contribution in [2.45, 2.75) is 6.10 Å². The molecule has 2 heterocycles. The molecule has 1 fully saturated rings. The van der Waals surface area contributed by atoms with Gasteiger partial charge in [0.15, 0.2) is 0 Å². The van der Waals surface area contributed by atoms with Gasteiger partial charge in [0.25, 0.3) is 10.1 Å². The van der Waals surface area contributed by atoms with Crippen molar-refractivity contribution in [2.24, 2.45) is 0 Å². The average molecular weight is 351 g/mol. The standard InChI is InChI=1S/C10H11BrN2O5S/c1-19(15,16)17-6-8-5-13(10(14)18-8)9-3-2-7(11)4-12-9/h2-4,8H,5-6H2,1H3/t8-/m1/s1. The first-order chi connectivity index (χ1) is 8.85. The number of hydrogen-bond donors (Lipinski definition) is 0. The molecule has 104 valence electrons. The van der Waals surface area contributed by atoms with E-state index in [9.17, 15) is 13.2 Å². The van der Waals surface area contributed by atoms with Gasteiger partial charge in [0.2, 0.25) is 0 Å². The van der Waals surface area contributed by atoms with Crippen molar-refractivity contribution in [2.75, 3.05) is 24.3 Å². The van der Waals surface area contributed by atoms with Gasteiger partial charge in [0, 0.05) is 10.7 Å². The average Bonchev–Trinajstić information content (AvgIpc) is 2.68. The number of rotatable bonds is 4. The predicted octanol–water partition coefficient (Wildman–Crippen LogP) is 1.15. The predicted molar refractivity (Wildman–Crippen MR) is 70.3 cm³/mol. The first kappa shape index (κ1) is 14.2. The second kappa shape index (κ2) is 5.43. The van der Waals surface area contributed by atoms with Crippen molar-refractivity contribution in [3.63, 3.8) is 0 Å². The van der Waals surface area contributed by atoms with E-state index in [0.717, 1.165) is 10.7 Å². The van der Waals surface area contributed by atoms with Crippen molar-refractivity contribution in [1.82, 2.24) is 4.98 Å². The molecule has 0 spiro atoms. The van der Waals surface area contributed by atoms with Crippen LogP contribution >= 0.6 is 15.9 Å². The lowest BCUT2D eigenvalue weighted by Crippen LogP contribution is -2.27. The summed E-state index contributed by atoms with van der Waals surface area (Å²) >= 11 is 3.24. The summed E-state index contributed by atoms with van der Waals surface area (Å²) < 4.78 is 32.1. The molecule has 7 nitrogen and oxygen atoms in total. The Balaban J connectivity index is 2.01. The van der Waals surface area contributed by atoms with Crippen LogP contribution in [0.1, 0.15) is 0 Å². The molecule has 0 N–H and O–H groups in total. The molecule has 2 rings (SSSR count). The summed E-state index contributed by atoms with van der Waals surface area (Å²) in [5.41, 5.74) is 0.